The van der Waals surface area contributed by atoms with Gasteiger partial charge in [-0.15, -0.1) is 11.8 Å². The summed E-state index contributed by atoms with van der Waals surface area (Å²) in [7, 11) is 0. The molecule has 1 fully saturated rings. The van der Waals surface area contributed by atoms with Gasteiger partial charge < -0.3 is 15.5 Å². The molecule has 1 heterocycles. The molecule has 1 aliphatic heterocycles. The van der Waals surface area contributed by atoms with E-state index in [0.717, 1.165) is 16.7 Å². The Labute approximate surface area is 226 Å². The van der Waals surface area contributed by atoms with E-state index in [1.807, 2.05) is 77.7 Å². The van der Waals surface area contributed by atoms with Gasteiger partial charge in [0.1, 0.15) is 5.37 Å². The molecule has 1 atom stereocenters. The van der Waals surface area contributed by atoms with Gasteiger partial charge in [0.05, 0.1) is 17.0 Å². The summed E-state index contributed by atoms with van der Waals surface area (Å²) in [5, 5.41) is 5.68. The predicted molar refractivity (Wildman–Crippen MR) is 151 cm³/mol. The Morgan fingerprint density at radius 1 is 0.763 bits per heavy atom. The van der Waals surface area contributed by atoms with Crippen LogP contribution in [0.15, 0.2) is 109 Å². The summed E-state index contributed by atoms with van der Waals surface area (Å²) < 4.78 is 0. The molecule has 38 heavy (non-hydrogen) atoms. The van der Waals surface area contributed by atoms with E-state index in [0.29, 0.717) is 35.7 Å². The normalized spacial score (nSPS) is 14.8. The lowest BCUT2D eigenvalue weighted by Crippen LogP contribution is -2.27. The van der Waals surface area contributed by atoms with E-state index in [2.05, 4.69) is 10.6 Å². The lowest BCUT2D eigenvalue weighted by molar-refractivity contribution is -0.128. The molecular formula is C31H27N3O3S. The van der Waals surface area contributed by atoms with Crippen LogP contribution in [-0.2, 0) is 17.9 Å². The van der Waals surface area contributed by atoms with Crippen molar-refractivity contribution in [1.82, 2.24) is 10.2 Å². The van der Waals surface area contributed by atoms with Crippen molar-refractivity contribution >= 4 is 35.2 Å². The second kappa shape index (κ2) is 11.8. The molecule has 5 rings (SSSR count). The van der Waals surface area contributed by atoms with Crippen LogP contribution in [0.4, 0.5) is 5.69 Å². The number of rotatable bonds is 8. The molecule has 4 aromatic carbocycles. The van der Waals surface area contributed by atoms with Gasteiger partial charge in [-0.1, -0.05) is 84.9 Å². The molecule has 190 valence electrons. The van der Waals surface area contributed by atoms with Gasteiger partial charge in [0.25, 0.3) is 11.8 Å². The molecule has 0 spiro atoms. The highest BCUT2D eigenvalue weighted by Crippen LogP contribution is 2.39. The van der Waals surface area contributed by atoms with Crippen molar-refractivity contribution in [1.29, 1.82) is 0 Å². The fourth-order valence-corrected chi connectivity index (χ4v) is 5.53. The Bertz CT molecular complexity index is 1430. The van der Waals surface area contributed by atoms with E-state index in [9.17, 15) is 14.4 Å². The maximum atomic E-state index is 13.0. The van der Waals surface area contributed by atoms with Gasteiger partial charge >= 0.3 is 0 Å². The van der Waals surface area contributed by atoms with Gasteiger partial charge in [-0.05, 0) is 41.0 Å². The number of nitrogens with zero attached hydrogens (tertiary/aromatic N) is 1. The zero-order valence-corrected chi connectivity index (χ0v) is 21.5. The van der Waals surface area contributed by atoms with Gasteiger partial charge in [-0.3, -0.25) is 14.4 Å². The molecule has 6 nitrogen and oxygen atoms in total. The average molecular weight is 522 g/mol. The molecule has 0 saturated carbocycles. The topological polar surface area (TPSA) is 78.5 Å². The highest BCUT2D eigenvalue weighted by Gasteiger charge is 2.32. The van der Waals surface area contributed by atoms with Crippen molar-refractivity contribution in [3.05, 3.63) is 137 Å². The van der Waals surface area contributed by atoms with Crippen LogP contribution < -0.4 is 10.6 Å². The van der Waals surface area contributed by atoms with Crippen molar-refractivity contribution in [2.75, 3.05) is 11.1 Å². The second-order valence-corrected chi connectivity index (χ2v) is 10.0. The predicted octanol–water partition coefficient (Wildman–Crippen LogP) is 5.64. The summed E-state index contributed by atoms with van der Waals surface area (Å²) in [5.41, 5.74) is 4.35. The molecule has 0 aromatic heterocycles. The molecule has 2 N–H and O–H groups in total. The van der Waals surface area contributed by atoms with Crippen LogP contribution in [-0.4, -0.2) is 28.4 Å². The van der Waals surface area contributed by atoms with Crippen molar-refractivity contribution < 1.29 is 14.4 Å². The Hall–Kier alpha value is -4.36. The van der Waals surface area contributed by atoms with Crippen LogP contribution in [0.5, 0.6) is 0 Å². The SMILES string of the molecule is O=C(Nc1ccccc1C(=O)NCc1ccccc1)c1ccc([C@H]2SCC(=O)N2Cc2ccccc2)cc1. The quantitative estimate of drug-likeness (QED) is 0.314. The summed E-state index contributed by atoms with van der Waals surface area (Å²) in [6.07, 6.45) is 0. The van der Waals surface area contributed by atoms with Crippen LogP contribution in [0.3, 0.4) is 0 Å². The molecule has 0 bridgehead atoms. The van der Waals surface area contributed by atoms with Crippen LogP contribution in [0.2, 0.25) is 0 Å². The first-order chi connectivity index (χ1) is 18.6. The van der Waals surface area contributed by atoms with E-state index >= 15 is 0 Å². The Morgan fingerprint density at radius 2 is 1.39 bits per heavy atom. The third-order valence-corrected chi connectivity index (χ3v) is 7.59. The summed E-state index contributed by atoms with van der Waals surface area (Å²) in [6, 6.07) is 33.8. The number of amides is 3. The largest absolute Gasteiger partial charge is 0.348 e. The minimum absolute atomic E-state index is 0.103. The molecule has 0 unspecified atom stereocenters. The summed E-state index contributed by atoms with van der Waals surface area (Å²) in [4.78, 5) is 40.3. The monoisotopic (exact) mass is 521 g/mol. The number of carbonyl (C=O) groups is 3. The molecule has 7 heteroatoms. The van der Waals surface area contributed by atoms with E-state index in [1.54, 1.807) is 48.2 Å². The first-order valence-corrected chi connectivity index (χ1v) is 13.4. The average Bonchev–Trinajstić information content (AvgIpc) is 3.32. The summed E-state index contributed by atoms with van der Waals surface area (Å²) >= 11 is 1.59. The number of hydrogen-bond acceptors (Lipinski definition) is 4. The minimum Gasteiger partial charge on any atom is -0.348 e. The molecule has 0 radical (unpaired) electrons. The van der Waals surface area contributed by atoms with Gasteiger partial charge in [0.15, 0.2) is 0 Å². The van der Waals surface area contributed by atoms with Gasteiger partial charge in [-0.25, -0.2) is 0 Å². The van der Waals surface area contributed by atoms with Crippen LogP contribution in [0.1, 0.15) is 42.8 Å². The lowest BCUT2D eigenvalue weighted by Gasteiger charge is -2.24. The number of nitrogens with one attached hydrogen (secondary N) is 2. The first kappa shape index (κ1) is 25.3. The number of para-hydroxylation sites is 1. The maximum absolute atomic E-state index is 13.0. The van der Waals surface area contributed by atoms with Crippen LogP contribution in [0.25, 0.3) is 0 Å². The molecular weight excluding hydrogens is 494 g/mol. The van der Waals surface area contributed by atoms with E-state index in [-0.39, 0.29) is 23.1 Å². The van der Waals surface area contributed by atoms with Gasteiger partial charge in [0, 0.05) is 18.7 Å². The van der Waals surface area contributed by atoms with E-state index < -0.39 is 0 Å². The third-order valence-electron chi connectivity index (χ3n) is 6.34. The van der Waals surface area contributed by atoms with Gasteiger partial charge in [-0.2, -0.15) is 0 Å². The Morgan fingerprint density at radius 3 is 2.11 bits per heavy atom. The number of thioether (sulfide) groups is 1. The van der Waals surface area contributed by atoms with Crippen molar-refractivity contribution in [2.24, 2.45) is 0 Å². The van der Waals surface area contributed by atoms with Crippen LogP contribution >= 0.6 is 11.8 Å². The van der Waals surface area contributed by atoms with Crippen molar-refractivity contribution in [2.45, 2.75) is 18.5 Å². The smallest absolute Gasteiger partial charge is 0.255 e. The second-order valence-electron chi connectivity index (χ2n) is 8.96. The van der Waals surface area contributed by atoms with E-state index in [1.165, 1.54) is 0 Å². The molecule has 3 amide bonds. The fraction of sp³-hybridized carbons (Fsp3) is 0.129. The zero-order valence-electron chi connectivity index (χ0n) is 20.7. The maximum Gasteiger partial charge on any atom is 0.255 e. The standard InChI is InChI=1S/C31H27N3O3S/c35-28-21-38-31(34(28)20-23-11-5-2-6-12-23)25-17-15-24(16-18-25)29(36)33-27-14-8-7-13-26(27)30(37)32-19-22-9-3-1-4-10-22/h1-18,31H,19-21H2,(H,32,37)(H,33,36)/t31-/m1/s1. The van der Waals surface area contributed by atoms with Crippen LogP contribution in [0, 0.1) is 0 Å². The zero-order chi connectivity index (χ0) is 26.3. The number of benzene rings is 4. The Kier molecular flexibility index (Phi) is 7.85. The molecule has 4 aromatic rings. The highest BCUT2D eigenvalue weighted by molar-refractivity contribution is 8.00. The number of hydrogen-bond donors (Lipinski definition) is 2. The molecule has 0 aliphatic carbocycles. The summed E-state index contributed by atoms with van der Waals surface area (Å²) in [5.74, 6) is -0.0337. The molecule has 1 aliphatic rings. The summed E-state index contributed by atoms with van der Waals surface area (Å²) in [6.45, 7) is 0.940. The number of carbonyl (C=O) groups excluding carboxylic acids is 3. The molecule has 1 saturated heterocycles. The van der Waals surface area contributed by atoms with Gasteiger partial charge in [0.2, 0.25) is 5.91 Å². The third kappa shape index (κ3) is 5.95. The lowest BCUT2D eigenvalue weighted by atomic mass is 10.1. The Balaban J connectivity index is 1.25. The minimum atomic E-state index is -0.309. The van der Waals surface area contributed by atoms with Crippen molar-refractivity contribution in [3.63, 3.8) is 0 Å². The first-order valence-electron chi connectivity index (χ1n) is 12.4. The van der Waals surface area contributed by atoms with Crippen molar-refractivity contribution in [3.8, 4) is 0 Å². The van der Waals surface area contributed by atoms with E-state index in [4.69, 9.17) is 0 Å². The highest BCUT2D eigenvalue weighted by atomic mass is 32.2. The fourth-order valence-electron chi connectivity index (χ4n) is 4.34. The number of anilines is 1.